The molecule has 1 saturated heterocycles. The minimum Gasteiger partial charge on any atom is -0.338 e. The molecule has 2 fully saturated rings. The van der Waals surface area contributed by atoms with E-state index in [1.54, 1.807) is 0 Å². The van der Waals surface area contributed by atoms with Gasteiger partial charge in [-0.05, 0) is 44.6 Å². The summed E-state index contributed by atoms with van der Waals surface area (Å²) < 4.78 is 0. The van der Waals surface area contributed by atoms with Crippen LogP contribution in [0, 0.1) is 12.8 Å². The van der Waals surface area contributed by atoms with E-state index in [1.807, 2.05) is 13.0 Å². The molecule has 1 aliphatic carbocycles. The number of nitrogens with two attached hydrogens (primary N) is 1. The molecule has 2 heterocycles. The molecule has 2 N–H and O–H groups in total. The molecule has 0 unspecified atom stereocenters. The number of nitrogens with zero attached hydrogens (tertiary/aromatic N) is 3. The molecule has 1 saturated carbocycles. The van der Waals surface area contributed by atoms with Gasteiger partial charge >= 0.3 is 0 Å². The Bertz CT molecular complexity index is 444. The Morgan fingerprint density at radius 2 is 2.00 bits per heavy atom. The molecule has 4 heteroatoms. The average molecular weight is 260 g/mol. The van der Waals surface area contributed by atoms with Gasteiger partial charge in [0.1, 0.15) is 0 Å². The lowest BCUT2D eigenvalue weighted by molar-refractivity contribution is 0.241. The number of hydrogen-bond acceptors (Lipinski definition) is 4. The van der Waals surface area contributed by atoms with Gasteiger partial charge in [-0.2, -0.15) is 0 Å². The predicted octanol–water partition coefficient (Wildman–Crippen LogP) is 2.40. The van der Waals surface area contributed by atoms with E-state index >= 15 is 0 Å². The second kappa shape index (κ2) is 5.45. The fourth-order valence-electron chi connectivity index (χ4n) is 3.72. The predicted molar refractivity (Wildman–Crippen MR) is 77.0 cm³/mol. The molecule has 0 aromatic carbocycles. The monoisotopic (exact) mass is 260 g/mol. The zero-order valence-electron chi connectivity index (χ0n) is 11.8. The first kappa shape index (κ1) is 12.9. The van der Waals surface area contributed by atoms with Crippen LogP contribution in [0.4, 0.5) is 5.95 Å². The molecular weight excluding hydrogens is 236 g/mol. The number of rotatable bonds is 2. The second-order valence-corrected chi connectivity index (χ2v) is 5.95. The molecule has 0 radical (unpaired) electrons. The van der Waals surface area contributed by atoms with Crippen molar-refractivity contribution in [3.8, 4) is 0 Å². The van der Waals surface area contributed by atoms with Gasteiger partial charge < -0.3 is 10.6 Å². The topological polar surface area (TPSA) is 55.0 Å². The SMILES string of the molecule is Cc1cc(CN)nc(N2CCC[C@H]3CCCC[C@H]32)n1. The summed E-state index contributed by atoms with van der Waals surface area (Å²) in [5.74, 6) is 1.77. The Labute approximate surface area is 115 Å². The zero-order valence-corrected chi connectivity index (χ0v) is 11.8. The fourth-order valence-corrected chi connectivity index (χ4v) is 3.72. The van der Waals surface area contributed by atoms with E-state index < -0.39 is 0 Å². The standard InChI is InChI=1S/C15H24N4/c1-11-9-13(10-16)18-15(17-11)19-8-4-6-12-5-2-3-7-14(12)19/h9,12,14H,2-8,10,16H2,1H3/t12-,14-/m1/s1. The lowest BCUT2D eigenvalue weighted by atomic mass is 9.78. The van der Waals surface area contributed by atoms with E-state index in [2.05, 4.69) is 14.9 Å². The molecule has 4 nitrogen and oxygen atoms in total. The Morgan fingerprint density at radius 3 is 2.84 bits per heavy atom. The van der Waals surface area contributed by atoms with Crippen LogP contribution in [0.1, 0.15) is 49.9 Å². The van der Waals surface area contributed by atoms with Crippen molar-refractivity contribution in [2.45, 2.75) is 58.0 Å². The number of anilines is 1. The first-order valence-electron chi connectivity index (χ1n) is 7.59. The molecule has 1 aliphatic heterocycles. The van der Waals surface area contributed by atoms with Gasteiger partial charge in [-0.3, -0.25) is 0 Å². The van der Waals surface area contributed by atoms with Crippen LogP contribution in [-0.2, 0) is 6.54 Å². The summed E-state index contributed by atoms with van der Waals surface area (Å²) in [5, 5.41) is 0. The lowest BCUT2D eigenvalue weighted by Gasteiger charge is -2.44. The van der Waals surface area contributed by atoms with Gasteiger partial charge in [0.15, 0.2) is 0 Å². The quantitative estimate of drug-likeness (QED) is 0.887. The summed E-state index contributed by atoms with van der Waals surface area (Å²) in [6.07, 6.45) is 8.11. The molecule has 2 atom stereocenters. The van der Waals surface area contributed by atoms with Crippen molar-refractivity contribution in [1.82, 2.24) is 9.97 Å². The highest BCUT2D eigenvalue weighted by molar-refractivity contribution is 5.35. The summed E-state index contributed by atoms with van der Waals surface area (Å²) in [6, 6.07) is 2.65. The average Bonchev–Trinajstić information content (AvgIpc) is 2.46. The number of piperidine rings is 1. The fraction of sp³-hybridized carbons (Fsp3) is 0.733. The molecular formula is C15H24N4. The maximum atomic E-state index is 5.74. The van der Waals surface area contributed by atoms with E-state index in [-0.39, 0.29) is 0 Å². The molecule has 19 heavy (non-hydrogen) atoms. The van der Waals surface area contributed by atoms with E-state index in [1.165, 1.54) is 38.5 Å². The van der Waals surface area contributed by atoms with Gasteiger partial charge in [-0.25, -0.2) is 9.97 Å². The minimum atomic E-state index is 0.498. The molecule has 0 bridgehead atoms. The first-order chi connectivity index (χ1) is 9.28. The van der Waals surface area contributed by atoms with Crippen LogP contribution in [-0.4, -0.2) is 22.6 Å². The molecule has 0 amide bonds. The zero-order chi connectivity index (χ0) is 13.2. The van der Waals surface area contributed by atoms with E-state index in [0.717, 1.165) is 29.8 Å². The summed E-state index contributed by atoms with van der Waals surface area (Å²) in [6.45, 7) is 3.64. The van der Waals surface area contributed by atoms with E-state index in [0.29, 0.717) is 12.6 Å². The normalized spacial score (nSPS) is 27.2. The van der Waals surface area contributed by atoms with Crippen LogP contribution in [0.25, 0.3) is 0 Å². The summed E-state index contributed by atoms with van der Waals surface area (Å²) in [7, 11) is 0. The molecule has 0 spiro atoms. The Hall–Kier alpha value is -1.16. The maximum Gasteiger partial charge on any atom is 0.226 e. The third-order valence-corrected chi connectivity index (χ3v) is 4.60. The lowest BCUT2D eigenvalue weighted by Crippen LogP contribution is -2.47. The minimum absolute atomic E-state index is 0.498. The molecule has 2 aliphatic rings. The number of aryl methyl sites for hydroxylation is 1. The van der Waals surface area contributed by atoms with E-state index in [4.69, 9.17) is 5.73 Å². The third kappa shape index (κ3) is 2.59. The van der Waals surface area contributed by atoms with Crippen LogP contribution in [0.5, 0.6) is 0 Å². The number of hydrogen-bond donors (Lipinski definition) is 1. The Balaban J connectivity index is 1.89. The summed E-state index contributed by atoms with van der Waals surface area (Å²) in [5.41, 5.74) is 7.73. The van der Waals surface area contributed by atoms with Gasteiger partial charge in [-0.1, -0.05) is 12.8 Å². The molecule has 104 valence electrons. The number of fused-ring (bicyclic) bond motifs is 1. The van der Waals surface area contributed by atoms with Gasteiger partial charge in [0.2, 0.25) is 5.95 Å². The highest BCUT2D eigenvalue weighted by atomic mass is 15.3. The largest absolute Gasteiger partial charge is 0.338 e. The molecule has 3 rings (SSSR count). The first-order valence-corrected chi connectivity index (χ1v) is 7.59. The van der Waals surface area contributed by atoms with E-state index in [9.17, 15) is 0 Å². The van der Waals surface area contributed by atoms with Crippen LogP contribution >= 0.6 is 0 Å². The smallest absolute Gasteiger partial charge is 0.226 e. The highest BCUT2D eigenvalue weighted by Gasteiger charge is 2.34. The van der Waals surface area contributed by atoms with Gasteiger partial charge in [0.05, 0.1) is 5.69 Å². The van der Waals surface area contributed by atoms with Crippen molar-refractivity contribution in [3.63, 3.8) is 0 Å². The Morgan fingerprint density at radius 1 is 1.21 bits per heavy atom. The van der Waals surface area contributed by atoms with Gasteiger partial charge in [0.25, 0.3) is 0 Å². The van der Waals surface area contributed by atoms with Crippen LogP contribution in [0.15, 0.2) is 6.07 Å². The molecule has 1 aromatic heterocycles. The van der Waals surface area contributed by atoms with Crippen molar-refractivity contribution < 1.29 is 0 Å². The summed E-state index contributed by atoms with van der Waals surface area (Å²) >= 11 is 0. The maximum absolute atomic E-state index is 5.74. The summed E-state index contributed by atoms with van der Waals surface area (Å²) in [4.78, 5) is 11.8. The van der Waals surface area contributed by atoms with Gasteiger partial charge in [0, 0.05) is 24.8 Å². The third-order valence-electron chi connectivity index (χ3n) is 4.60. The van der Waals surface area contributed by atoms with Crippen LogP contribution in [0.3, 0.4) is 0 Å². The Kier molecular flexibility index (Phi) is 3.69. The second-order valence-electron chi connectivity index (χ2n) is 5.95. The van der Waals surface area contributed by atoms with Gasteiger partial charge in [-0.15, -0.1) is 0 Å². The van der Waals surface area contributed by atoms with Crippen molar-refractivity contribution >= 4 is 5.95 Å². The molecule has 1 aromatic rings. The van der Waals surface area contributed by atoms with Crippen molar-refractivity contribution in [2.75, 3.05) is 11.4 Å². The van der Waals surface area contributed by atoms with Crippen LogP contribution < -0.4 is 10.6 Å². The van der Waals surface area contributed by atoms with Crippen molar-refractivity contribution in [2.24, 2.45) is 11.7 Å². The number of aromatic nitrogens is 2. The highest BCUT2D eigenvalue weighted by Crippen LogP contribution is 2.36. The van der Waals surface area contributed by atoms with Crippen molar-refractivity contribution in [1.29, 1.82) is 0 Å². The van der Waals surface area contributed by atoms with Crippen LogP contribution in [0.2, 0.25) is 0 Å². The van der Waals surface area contributed by atoms with Crippen molar-refractivity contribution in [3.05, 3.63) is 17.5 Å².